The van der Waals surface area contributed by atoms with Gasteiger partial charge in [0.05, 0.1) is 5.83 Å². The molecule has 0 N–H and O–H groups in total. The molecule has 0 bridgehead atoms. The first-order valence-electron chi connectivity index (χ1n) is 3.65. The van der Waals surface area contributed by atoms with E-state index in [0.717, 1.165) is 19.3 Å². The maximum atomic E-state index is 12.5. The highest BCUT2D eigenvalue weighted by Gasteiger charge is 1.88. The van der Waals surface area contributed by atoms with E-state index in [2.05, 4.69) is 6.92 Å². The minimum absolute atomic E-state index is 0.0550. The third-order valence-electron chi connectivity index (χ3n) is 1.14. The van der Waals surface area contributed by atoms with Crippen molar-refractivity contribution in [1.29, 1.82) is 0 Å². The number of allylic oxidation sites excluding steroid dienone is 2. The van der Waals surface area contributed by atoms with Crippen LogP contribution < -0.4 is 0 Å². The zero-order valence-electron chi connectivity index (χ0n) is 6.28. The number of hydrogen-bond donors (Lipinski definition) is 0. The van der Waals surface area contributed by atoms with Crippen LogP contribution in [0.3, 0.4) is 0 Å². The first kappa shape index (κ1) is 8.67. The molecular weight excluding hydrogens is 115 g/mol. The summed E-state index contributed by atoms with van der Waals surface area (Å²) in [5.41, 5.74) is 0. The zero-order chi connectivity index (χ0) is 7.11. The van der Waals surface area contributed by atoms with Crippen LogP contribution in [0.25, 0.3) is 0 Å². The van der Waals surface area contributed by atoms with Crippen LogP contribution in [0.15, 0.2) is 11.9 Å². The fraction of sp³-hybridized carbons (Fsp3) is 0.750. The number of halogens is 1. The van der Waals surface area contributed by atoms with Crippen molar-refractivity contribution in [1.82, 2.24) is 0 Å². The van der Waals surface area contributed by atoms with Crippen molar-refractivity contribution in [2.45, 2.75) is 39.5 Å². The Balaban J connectivity index is 3.30. The van der Waals surface area contributed by atoms with Crippen LogP contribution in [0.4, 0.5) is 4.39 Å². The molecule has 0 fully saturated rings. The summed E-state index contributed by atoms with van der Waals surface area (Å²) in [4.78, 5) is 0. The molecule has 0 aromatic heterocycles. The van der Waals surface area contributed by atoms with E-state index in [1.807, 2.05) is 6.92 Å². The molecule has 0 unspecified atom stereocenters. The quantitative estimate of drug-likeness (QED) is 0.546. The summed E-state index contributed by atoms with van der Waals surface area (Å²) >= 11 is 0. The van der Waals surface area contributed by atoms with E-state index in [1.54, 1.807) is 6.08 Å². The summed E-state index contributed by atoms with van der Waals surface area (Å²) in [6.07, 6.45) is 5.12. The molecule has 0 saturated carbocycles. The van der Waals surface area contributed by atoms with Gasteiger partial charge in [-0.15, -0.1) is 0 Å². The molecule has 1 heteroatoms. The van der Waals surface area contributed by atoms with Crippen LogP contribution in [0.1, 0.15) is 39.5 Å². The van der Waals surface area contributed by atoms with Gasteiger partial charge in [-0.25, -0.2) is 4.39 Å². The molecule has 0 aliphatic heterocycles. The topological polar surface area (TPSA) is 0 Å². The lowest BCUT2D eigenvalue weighted by Gasteiger charge is -1.90. The average Bonchev–Trinajstić information content (AvgIpc) is 1.85. The Kier molecular flexibility index (Phi) is 5.59. The number of rotatable bonds is 4. The van der Waals surface area contributed by atoms with Crippen LogP contribution in [-0.2, 0) is 0 Å². The van der Waals surface area contributed by atoms with E-state index in [9.17, 15) is 4.39 Å². The molecule has 9 heavy (non-hydrogen) atoms. The highest BCUT2D eigenvalue weighted by Crippen LogP contribution is 2.07. The Hall–Kier alpha value is -0.330. The van der Waals surface area contributed by atoms with Crippen LogP contribution in [-0.4, -0.2) is 0 Å². The van der Waals surface area contributed by atoms with E-state index in [-0.39, 0.29) is 5.83 Å². The molecule has 0 aliphatic rings. The SMILES string of the molecule is CCC/C=C(/F)CCC. The molecule has 0 saturated heterocycles. The molecule has 0 aromatic rings. The Morgan fingerprint density at radius 3 is 2.44 bits per heavy atom. The molecular formula is C8H15F. The van der Waals surface area contributed by atoms with Gasteiger partial charge in [-0.2, -0.15) is 0 Å². The van der Waals surface area contributed by atoms with E-state index in [4.69, 9.17) is 0 Å². The minimum atomic E-state index is 0.0550. The maximum absolute atomic E-state index is 12.5. The first-order chi connectivity index (χ1) is 4.31. The van der Waals surface area contributed by atoms with Crippen molar-refractivity contribution in [2.24, 2.45) is 0 Å². The van der Waals surface area contributed by atoms with Gasteiger partial charge in [-0.05, 0) is 19.3 Å². The molecule has 0 rings (SSSR count). The smallest absolute Gasteiger partial charge is 0.0959 e. The third-order valence-corrected chi connectivity index (χ3v) is 1.14. The van der Waals surface area contributed by atoms with E-state index in [1.165, 1.54) is 0 Å². The lowest BCUT2D eigenvalue weighted by Crippen LogP contribution is -1.72. The standard InChI is InChI=1S/C8H15F/c1-3-5-7-8(9)6-4-2/h7H,3-6H2,1-2H3/b8-7+. The Morgan fingerprint density at radius 2 is 2.00 bits per heavy atom. The van der Waals surface area contributed by atoms with Crippen molar-refractivity contribution in [3.63, 3.8) is 0 Å². The summed E-state index contributed by atoms with van der Waals surface area (Å²) in [5.74, 6) is 0.0550. The van der Waals surface area contributed by atoms with Crippen molar-refractivity contribution in [3.05, 3.63) is 11.9 Å². The normalized spacial score (nSPS) is 12.1. The highest BCUT2D eigenvalue weighted by molar-refractivity contribution is 4.90. The van der Waals surface area contributed by atoms with Gasteiger partial charge >= 0.3 is 0 Å². The maximum Gasteiger partial charge on any atom is 0.0959 e. The van der Waals surface area contributed by atoms with E-state index in [0.29, 0.717) is 6.42 Å². The van der Waals surface area contributed by atoms with Crippen LogP contribution in [0, 0.1) is 0 Å². The van der Waals surface area contributed by atoms with Gasteiger partial charge in [-0.1, -0.05) is 26.3 Å². The molecule has 0 radical (unpaired) electrons. The molecule has 0 aliphatic carbocycles. The van der Waals surface area contributed by atoms with Gasteiger partial charge in [0, 0.05) is 0 Å². The van der Waals surface area contributed by atoms with Crippen molar-refractivity contribution in [2.75, 3.05) is 0 Å². The molecule has 0 atom stereocenters. The summed E-state index contributed by atoms with van der Waals surface area (Å²) in [7, 11) is 0. The van der Waals surface area contributed by atoms with Crippen LogP contribution >= 0.6 is 0 Å². The number of unbranched alkanes of at least 4 members (excludes halogenated alkanes) is 1. The fourth-order valence-corrected chi connectivity index (χ4v) is 0.642. The Labute approximate surface area is 56.8 Å². The predicted molar refractivity (Wildman–Crippen MR) is 39.0 cm³/mol. The van der Waals surface area contributed by atoms with Gasteiger partial charge in [0.15, 0.2) is 0 Å². The summed E-state index contributed by atoms with van der Waals surface area (Å²) in [6.45, 7) is 4.04. The summed E-state index contributed by atoms with van der Waals surface area (Å²) in [5, 5.41) is 0. The highest BCUT2D eigenvalue weighted by atomic mass is 19.1. The first-order valence-corrected chi connectivity index (χ1v) is 3.65. The molecule has 54 valence electrons. The minimum Gasteiger partial charge on any atom is -0.212 e. The van der Waals surface area contributed by atoms with Crippen molar-refractivity contribution >= 4 is 0 Å². The summed E-state index contributed by atoms with van der Waals surface area (Å²) in [6, 6.07) is 0. The van der Waals surface area contributed by atoms with Gasteiger partial charge in [-0.3, -0.25) is 0 Å². The molecule has 0 heterocycles. The second-order valence-electron chi connectivity index (χ2n) is 2.19. The molecule has 0 nitrogen and oxygen atoms in total. The van der Waals surface area contributed by atoms with Gasteiger partial charge in [0.2, 0.25) is 0 Å². The second kappa shape index (κ2) is 5.80. The van der Waals surface area contributed by atoms with Gasteiger partial charge in [0.1, 0.15) is 0 Å². The second-order valence-corrected chi connectivity index (χ2v) is 2.19. The van der Waals surface area contributed by atoms with E-state index >= 15 is 0 Å². The largest absolute Gasteiger partial charge is 0.212 e. The number of hydrogen-bond acceptors (Lipinski definition) is 0. The zero-order valence-corrected chi connectivity index (χ0v) is 6.28. The van der Waals surface area contributed by atoms with Crippen molar-refractivity contribution < 1.29 is 4.39 Å². The van der Waals surface area contributed by atoms with Crippen LogP contribution in [0.2, 0.25) is 0 Å². The lowest BCUT2D eigenvalue weighted by atomic mass is 10.2. The molecule has 0 aromatic carbocycles. The molecule has 0 amide bonds. The van der Waals surface area contributed by atoms with E-state index < -0.39 is 0 Å². The average molecular weight is 130 g/mol. The lowest BCUT2D eigenvalue weighted by molar-refractivity contribution is 0.577. The Bertz CT molecular complexity index is 84.6. The predicted octanol–water partition coefficient (Wildman–Crippen LogP) is 3.44. The molecule has 0 spiro atoms. The third kappa shape index (κ3) is 5.54. The fourth-order valence-electron chi connectivity index (χ4n) is 0.642. The van der Waals surface area contributed by atoms with Gasteiger partial charge in [0.25, 0.3) is 0 Å². The van der Waals surface area contributed by atoms with Crippen LogP contribution in [0.5, 0.6) is 0 Å². The monoisotopic (exact) mass is 130 g/mol. The Morgan fingerprint density at radius 1 is 1.33 bits per heavy atom. The summed E-state index contributed by atoms with van der Waals surface area (Å²) < 4.78 is 12.5. The van der Waals surface area contributed by atoms with Gasteiger partial charge < -0.3 is 0 Å². The van der Waals surface area contributed by atoms with Crippen molar-refractivity contribution in [3.8, 4) is 0 Å².